The summed E-state index contributed by atoms with van der Waals surface area (Å²) >= 11 is 0. The molecule has 1 fully saturated rings. The average molecular weight is 186 g/mol. The highest BCUT2D eigenvalue weighted by molar-refractivity contribution is 5.67. The molecule has 0 amide bonds. The van der Waals surface area contributed by atoms with Gasteiger partial charge < -0.3 is 16.2 Å². The van der Waals surface area contributed by atoms with E-state index < -0.39 is 5.97 Å². The Morgan fingerprint density at radius 2 is 2.15 bits per heavy atom. The zero-order chi connectivity index (χ0) is 9.68. The SMILES string of the molecule is NCC(CC(=O)O)C1CCNCC1. The van der Waals surface area contributed by atoms with Crippen molar-refractivity contribution in [3.8, 4) is 0 Å². The van der Waals surface area contributed by atoms with Crippen molar-refractivity contribution in [3.05, 3.63) is 0 Å². The molecule has 13 heavy (non-hydrogen) atoms. The van der Waals surface area contributed by atoms with Gasteiger partial charge in [-0.05, 0) is 44.3 Å². The summed E-state index contributed by atoms with van der Waals surface area (Å²) < 4.78 is 0. The number of carboxylic acid groups (broad SMARTS) is 1. The quantitative estimate of drug-likeness (QED) is 0.579. The molecule has 4 nitrogen and oxygen atoms in total. The van der Waals surface area contributed by atoms with Crippen LogP contribution in [0.3, 0.4) is 0 Å². The van der Waals surface area contributed by atoms with E-state index in [1.165, 1.54) is 0 Å². The van der Waals surface area contributed by atoms with Gasteiger partial charge in [-0.2, -0.15) is 0 Å². The number of aliphatic carboxylic acids is 1. The van der Waals surface area contributed by atoms with Crippen LogP contribution in [0.1, 0.15) is 19.3 Å². The molecule has 0 bridgehead atoms. The van der Waals surface area contributed by atoms with Gasteiger partial charge >= 0.3 is 5.97 Å². The van der Waals surface area contributed by atoms with E-state index in [2.05, 4.69) is 5.32 Å². The van der Waals surface area contributed by atoms with Crippen molar-refractivity contribution >= 4 is 5.97 Å². The van der Waals surface area contributed by atoms with Crippen LogP contribution in [-0.2, 0) is 4.79 Å². The molecule has 0 aromatic carbocycles. The molecule has 1 aliphatic heterocycles. The van der Waals surface area contributed by atoms with E-state index in [1.807, 2.05) is 0 Å². The summed E-state index contributed by atoms with van der Waals surface area (Å²) in [4.78, 5) is 10.5. The summed E-state index contributed by atoms with van der Waals surface area (Å²) in [7, 11) is 0. The lowest BCUT2D eigenvalue weighted by Crippen LogP contribution is -2.35. The number of hydrogen-bond acceptors (Lipinski definition) is 3. The molecule has 76 valence electrons. The summed E-state index contributed by atoms with van der Waals surface area (Å²) in [5.41, 5.74) is 5.57. The smallest absolute Gasteiger partial charge is 0.303 e. The Morgan fingerprint density at radius 1 is 1.54 bits per heavy atom. The van der Waals surface area contributed by atoms with Crippen LogP contribution < -0.4 is 11.1 Å². The zero-order valence-corrected chi connectivity index (χ0v) is 7.83. The van der Waals surface area contributed by atoms with E-state index in [4.69, 9.17) is 10.8 Å². The van der Waals surface area contributed by atoms with Crippen LogP contribution in [0, 0.1) is 11.8 Å². The Kier molecular flexibility index (Phi) is 4.18. The number of carboxylic acids is 1. The zero-order valence-electron chi connectivity index (χ0n) is 7.83. The van der Waals surface area contributed by atoms with E-state index >= 15 is 0 Å². The molecule has 0 saturated carbocycles. The first-order chi connectivity index (χ1) is 6.24. The fourth-order valence-corrected chi connectivity index (χ4v) is 1.98. The Morgan fingerprint density at radius 3 is 2.62 bits per heavy atom. The van der Waals surface area contributed by atoms with Gasteiger partial charge in [0.15, 0.2) is 0 Å². The highest BCUT2D eigenvalue weighted by Crippen LogP contribution is 2.23. The normalized spacial score (nSPS) is 21.3. The first-order valence-electron chi connectivity index (χ1n) is 4.86. The van der Waals surface area contributed by atoms with Crippen molar-refractivity contribution in [2.75, 3.05) is 19.6 Å². The first kappa shape index (κ1) is 10.5. The number of nitrogens with two attached hydrogens (primary N) is 1. The monoisotopic (exact) mass is 186 g/mol. The molecule has 1 unspecified atom stereocenters. The fourth-order valence-electron chi connectivity index (χ4n) is 1.98. The van der Waals surface area contributed by atoms with Crippen molar-refractivity contribution in [2.45, 2.75) is 19.3 Å². The van der Waals surface area contributed by atoms with Gasteiger partial charge in [-0.15, -0.1) is 0 Å². The molecule has 4 heteroatoms. The summed E-state index contributed by atoms with van der Waals surface area (Å²) in [5.74, 6) is -0.0593. The molecular formula is C9H18N2O2. The van der Waals surface area contributed by atoms with Gasteiger partial charge in [-0.25, -0.2) is 0 Å². The minimum Gasteiger partial charge on any atom is -0.481 e. The topological polar surface area (TPSA) is 75.4 Å². The lowest BCUT2D eigenvalue weighted by Gasteiger charge is -2.28. The van der Waals surface area contributed by atoms with Crippen molar-refractivity contribution in [1.82, 2.24) is 5.32 Å². The molecule has 0 spiro atoms. The molecule has 0 radical (unpaired) electrons. The predicted octanol–water partition coefficient (Wildman–Crippen LogP) is 0.0356. The Balaban J connectivity index is 2.39. The van der Waals surface area contributed by atoms with Gasteiger partial charge in [0.2, 0.25) is 0 Å². The van der Waals surface area contributed by atoms with Crippen LogP contribution in [0.4, 0.5) is 0 Å². The largest absolute Gasteiger partial charge is 0.481 e. The van der Waals surface area contributed by atoms with Gasteiger partial charge in [0.1, 0.15) is 0 Å². The van der Waals surface area contributed by atoms with Crippen LogP contribution in [0.25, 0.3) is 0 Å². The summed E-state index contributed by atoms with van der Waals surface area (Å²) in [6.07, 6.45) is 2.35. The summed E-state index contributed by atoms with van der Waals surface area (Å²) in [5, 5.41) is 11.9. The third-order valence-corrected chi connectivity index (χ3v) is 2.79. The molecule has 1 saturated heterocycles. The average Bonchev–Trinajstić information content (AvgIpc) is 2.15. The molecule has 1 heterocycles. The Hall–Kier alpha value is -0.610. The number of rotatable bonds is 4. The van der Waals surface area contributed by atoms with Crippen molar-refractivity contribution in [1.29, 1.82) is 0 Å². The Bertz CT molecular complexity index is 167. The van der Waals surface area contributed by atoms with Crippen LogP contribution in [0.15, 0.2) is 0 Å². The molecule has 0 aliphatic carbocycles. The minimum atomic E-state index is -0.728. The van der Waals surface area contributed by atoms with Crippen molar-refractivity contribution in [2.24, 2.45) is 17.6 Å². The molecule has 1 atom stereocenters. The number of nitrogens with one attached hydrogen (secondary N) is 1. The summed E-state index contributed by atoms with van der Waals surface area (Å²) in [6, 6.07) is 0. The third-order valence-electron chi connectivity index (χ3n) is 2.79. The van der Waals surface area contributed by atoms with Gasteiger partial charge in [0, 0.05) is 6.42 Å². The van der Waals surface area contributed by atoms with Gasteiger partial charge in [-0.1, -0.05) is 0 Å². The second kappa shape index (κ2) is 5.19. The summed E-state index contributed by atoms with van der Waals surface area (Å²) in [6.45, 7) is 2.50. The molecule has 0 aromatic rings. The second-order valence-electron chi connectivity index (χ2n) is 3.68. The van der Waals surface area contributed by atoms with E-state index in [9.17, 15) is 4.79 Å². The van der Waals surface area contributed by atoms with E-state index in [-0.39, 0.29) is 12.3 Å². The van der Waals surface area contributed by atoms with Crippen LogP contribution in [0.5, 0.6) is 0 Å². The van der Waals surface area contributed by atoms with Crippen LogP contribution in [-0.4, -0.2) is 30.7 Å². The molecule has 0 aromatic heterocycles. The van der Waals surface area contributed by atoms with Crippen molar-refractivity contribution < 1.29 is 9.90 Å². The maximum Gasteiger partial charge on any atom is 0.303 e. The molecule has 1 aliphatic rings. The predicted molar refractivity (Wildman–Crippen MR) is 50.4 cm³/mol. The molecular weight excluding hydrogens is 168 g/mol. The minimum absolute atomic E-state index is 0.166. The maximum atomic E-state index is 10.5. The fraction of sp³-hybridized carbons (Fsp3) is 0.889. The highest BCUT2D eigenvalue weighted by Gasteiger charge is 2.24. The van der Waals surface area contributed by atoms with Gasteiger partial charge in [0.25, 0.3) is 0 Å². The lowest BCUT2D eigenvalue weighted by atomic mass is 9.83. The van der Waals surface area contributed by atoms with Gasteiger partial charge in [-0.3, -0.25) is 4.79 Å². The third kappa shape index (κ3) is 3.32. The maximum absolute atomic E-state index is 10.5. The van der Waals surface area contributed by atoms with Crippen LogP contribution in [0.2, 0.25) is 0 Å². The Labute approximate surface area is 78.5 Å². The standard InChI is InChI=1S/C9H18N2O2/c10-6-8(5-9(12)13)7-1-3-11-4-2-7/h7-8,11H,1-6,10H2,(H,12,13). The van der Waals surface area contributed by atoms with Crippen LogP contribution >= 0.6 is 0 Å². The van der Waals surface area contributed by atoms with Crippen molar-refractivity contribution in [3.63, 3.8) is 0 Å². The first-order valence-corrected chi connectivity index (χ1v) is 4.86. The molecule has 4 N–H and O–H groups in total. The molecule has 1 rings (SSSR count). The van der Waals surface area contributed by atoms with E-state index in [0.717, 1.165) is 25.9 Å². The highest BCUT2D eigenvalue weighted by atomic mass is 16.4. The van der Waals surface area contributed by atoms with E-state index in [0.29, 0.717) is 12.5 Å². The number of piperidine rings is 1. The number of hydrogen-bond donors (Lipinski definition) is 3. The lowest BCUT2D eigenvalue weighted by molar-refractivity contribution is -0.138. The van der Waals surface area contributed by atoms with Gasteiger partial charge in [0.05, 0.1) is 0 Å². The second-order valence-corrected chi connectivity index (χ2v) is 3.68. The van der Waals surface area contributed by atoms with E-state index in [1.54, 1.807) is 0 Å². The number of carbonyl (C=O) groups is 1.